The zero-order valence-corrected chi connectivity index (χ0v) is 19.0. The summed E-state index contributed by atoms with van der Waals surface area (Å²) in [6.07, 6.45) is 1.29. The third kappa shape index (κ3) is 4.99. The normalized spacial score (nSPS) is 12.4. The Morgan fingerprint density at radius 2 is 1.83 bits per heavy atom. The van der Waals surface area contributed by atoms with Crippen molar-refractivity contribution in [3.05, 3.63) is 58.0 Å². The highest BCUT2D eigenvalue weighted by Crippen LogP contribution is 2.19. The second-order valence-electron chi connectivity index (χ2n) is 7.70. The molecule has 0 saturated carbocycles. The molecule has 0 amide bonds. The topological polar surface area (TPSA) is 63.9 Å². The van der Waals surface area contributed by atoms with E-state index in [2.05, 4.69) is 37.6 Å². The molecule has 2 heterocycles. The van der Waals surface area contributed by atoms with Crippen molar-refractivity contribution >= 4 is 34.9 Å². The minimum Gasteiger partial charge on any atom is -0.458 e. The van der Waals surface area contributed by atoms with Crippen LogP contribution in [0, 0.1) is 0 Å². The summed E-state index contributed by atoms with van der Waals surface area (Å²) in [4.78, 5) is 32.4. The molecule has 0 fully saturated rings. The van der Waals surface area contributed by atoms with Crippen LogP contribution in [0.15, 0.2) is 41.3 Å². The number of carbonyl (C=O) groups is 1. The predicted octanol–water partition coefficient (Wildman–Crippen LogP) is 4.28. The van der Waals surface area contributed by atoms with Crippen LogP contribution in [0.4, 0.5) is 0 Å². The summed E-state index contributed by atoms with van der Waals surface area (Å²) in [5.74, 6) is -0.123. The van der Waals surface area contributed by atoms with E-state index < -0.39 is 5.97 Å². The number of rotatable bonds is 7. The first-order chi connectivity index (χ1) is 13.8. The molecule has 0 radical (unpaired) electrons. The first-order valence-corrected chi connectivity index (χ1v) is 10.2. The number of hydrogen-bond donors (Lipinski definition) is 0. The van der Waals surface area contributed by atoms with E-state index in [1.54, 1.807) is 12.1 Å². The lowest BCUT2D eigenvalue weighted by Gasteiger charge is -2.22. The van der Waals surface area contributed by atoms with Gasteiger partial charge in [-0.2, -0.15) is 0 Å². The van der Waals surface area contributed by atoms with Gasteiger partial charge in [-0.15, -0.1) is 12.4 Å². The van der Waals surface area contributed by atoms with Gasteiger partial charge in [0, 0.05) is 12.7 Å². The molecule has 162 valence electrons. The number of pyridine rings is 1. The Balaban J connectivity index is 0.00000320. The fourth-order valence-electron chi connectivity index (χ4n) is 3.44. The van der Waals surface area contributed by atoms with E-state index in [9.17, 15) is 9.59 Å². The number of halogens is 1. The second kappa shape index (κ2) is 10.0. The largest absolute Gasteiger partial charge is 0.458 e. The van der Waals surface area contributed by atoms with Crippen LogP contribution in [0.3, 0.4) is 0 Å². The average Bonchev–Trinajstić information content (AvgIpc) is 2.71. The van der Waals surface area contributed by atoms with Gasteiger partial charge in [0.25, 0.3) is 5.56 Å². The maximum atomic E-state index is 13.0. The molecule has 0 N–H and O–H groups in total. The molecule has 3 rings (SSSR count). The molecule has 0 aliphatic rings. The summed E-state index contributed by atoms with van der Waals surface area (Å²) in [6, 6.07) is 9.10. The third-order valence-corrected chi connectivity index (χ3v) is 5.25. The minimum absolute atomic E-state index is 0. The van der Waals surface area contributed by atoms with E-state index in [1.807, 2.05) is 25.1 Å². The van der Waals surface area contributed by atoms with Crippen molar-refractivity contribution in [2.75, 3.05) is 19.6 Å². The summed E-state index contributed by atoms with van der Waals surface area (Å²) < 4.78 is 7.01. The van der Waals surface area contributed by atoms with Crippen molar-refractivity contribution in [2.24, 2.45) is 0 Å². The van der Waals surface area contributed by atoms with Crippen LogP contribution in [-0.2, 0) is 4.74 Å². The Kier molecular flexibility index (Phi) is 7.98. The predicted molar refractivity (Wildman–Crippen MR) is 123 cm³/mol. The molecule has 0 bridgehead atoms. The molecular formula is C23H30ClN3O3. The van der Waals surface area contributed by atoms with E-state index in [0.29, 0.717) is 34.6 Å². The molecule has 7 heteroatoms. The van der Waals surface area contributed by atoms with Gasteiger partial charge in [-0.3, -0.25) is 9.20 Å². The standard InChI is InChI=1S/C23H29N3O3.ClH/c1-6-25(7-2)13-16(5)29-23(28)18-9-11-21-24-20-10-8-17(15(3)4)12-19(20)22(27)26(21)14-18;/h8-12,14-16H,6-7,13H2,1-5H3;1H. The van der Waals surface area contributed by atoms with E-state index in [0.717, 1.165) is 18.7 Å². The van der Waals surface area contributed by atoms with E-state index in [-0.39, 0.29) is 24.1 Å². The Morgan fingerprint density at radius 3 is 2.47 bits per heavy atom. The lowest BCUT2D eigenvalue weighted by atomic mass is 10.0. The number of benzene rings is 1. The molecule has 0 spiro atoms. The van der Waals surface area contributed by atoms with Crippen molar-refractivity contribution in [2.45, 2.75) is 46.6 Å². The average molecular weight is 432 g/mol. The molecule has 0 saturated heterocycles. The number of fused-ring (bicyclic) bond motifs is 2. The van der Waals surface area contributed by atoms with Crippen molar-refractivity contribution in [1.29, 1.82) is 0 Å². The van der Waals surface area contributed by atoms with Gasteiger partial charge in [0.15, 0.2) is 0 Å². The fraction of sp³-hybridized carbons (Fsp3) is 0.435. The van der Waals surface area contributed by atoms with Gasteiger partial charge in [-0.05, 0) is 55.8 Å². The van der Waals surface area contributed by atoms with Crippen LogP contribution in [0.25, 0.3) is 16.6 Å². The zero-order valence-electron chi connectivity index (χ0n) is 18.2. The molecule has 6 nitrogen and oxygen atoms in total. The summed E-state index contributed by atoms with van der Waals surface area (Å²) in [6.45, 7) is 12.7. The monoisotopic (exact) mass is 431 g/mol. The Hall–Kier alpha value is -2.44. The number of ether oxygens (including phenoxy) is 1. The Morgan fingerprint density at radius 1 is 1.13 bits per heavy atom. The molecule has 0 aliphatic heterocycles. The van der Waals surface area contributed by atoms with Gasteiger partial charge in [0.05, 0.1) is 16.5 Å². The van der Waals surface area contributed by atoms with E-state index >= 15 is 0 Å². The van der Waals surface area contributed by atoms with Gasteiger partial charge in [0.2, 0.25) is 0 Å². The summed E-state index contributed by atoms with van der Waals surface area (Å²) >= 11 is 0. The zero-order chi connectivity index (χ0) is 21.1. The number of carbonyl (C=O) groups excluding carboxylic acids is 1. The van der Waals surface area contributed by atoms with Gasteiger partial charge < -0.3 is 9.64 Å². The molecule has 2 aromatic heterocycles. The quantitative estimate of drug-likeness (QED) is 0.412. The maximum Gasteiger partial charge on any atom is 0.339 e. The molecule has 30 heavy (non-hydrogen) atoms. The summed E-state index contributed by atoms with van der Waals surface area (Å²) in [5, 5.41) is 0.550. The molecule has 3 aromatic rings. The summed E-state index contributed by atoms with van der Waals surface area (Å²) in [5.41, 5.74) is 2.40. The minimum atomic E-state index is -0.436. The van der Waals surface area contributed by atoms with Crippen molar-refractivity contribution < 1.29 is 9.53 Å². The first-order valence-electron chi connectivity index (χ1n) is 10.2. The van der Waals surface area contributed by atoms with Crippen LogP contribution in [0.5, 0.6) is 0 Å². The third-order valence-electron chi connectivity index (χ3n) is 5.25. The van der Waals surface area contributed by atoms with Crippen LogP contribution < -0.4 is 5.56 Å². The second-order valence-corrected chi connectivity index (χ2v) is 7.70. The van der Waals surface area contributed by atoms with Crippen molar-refractivity contribution in [3.8, 4) is 0 Å². The van der Waals surface area contributed by atoms with Gasteiger partial charge >= 0.3 is 5.97 Å². The molecule has 0 aliphatic carbocycles. The van der Waals surface area contributed by atoms with Crippen LogP contribution >= 0.6 is 12.4 Å². The number of nitrogens with zero attached hydrogens (tertiary/aromatic N) is 3. The lowest BCUT2D eigenvalue weighted by Crippen LogP contribution is -2.33. The smallest absolute Gasteiger partial charge is 0.339 e. The molecule has 1 atom stereocenters. The molecular weight excluding hydrogens is 402 g/mol. The number of likely N-dealkylation sites (N-methyl/N-ethyl adjacent to an activating group) is 1. The fourth-order valence-corrected chi connectivity index (χ4v) is 3.44. The molecule has 1 unspecified atom stereocenters. The van der Waals surface area contributed by atoms with Crippen molar-refractivity contribution in [1.82, 2.24) is 14.3 Å². The number of aromatic nitrogens is 2. The van der Waals surface area contributed by atoms with Crippen molar-refractivity contribution in [3.63, 3.8) is 0 Å². The van der Waals surface area contributed by atoms with Gasteiger partial charge in [0.1, 0.15) is 11.8 Å². The number of hydrogen-bond acceptors (Lipinski definition) is 5. The SMILES string of the molecule is CCN(CC)CC(C)OC(=O)c1ccc2nc3ccc(C(C)C)cc3c(=O)n2c1.Cl. The Bertz CT molecular complexity index is 1090. The van der Waals surface area contributed by atoms with Crippen LogP contribution in [0.2, 0.25) is 0 Å². The maximum absolute atomic E-state index is 13.0. The highest BCUT2D eigenvalue weighted by molar-refractivity contribution is 5.90. The van der Waals surface area contributed by atoms with E-state index in [1.165, 1.54) is 10.6 Å². The summed E-state index contributed by atoms with van der Waals surface area (Å²) in [7, 11) is 0. The lowest BCUT2D eigenvalue weighted by molar-refractivity contribution is 0.0260. The van der Waals surface area contributed by atoms with Gasteiger partial charge in [-0.1, -0.05) is 33.8 Å². The number of esters is 1. The van der Waals surface area contributed by atoms with Gasteiger partial charge in [-0.25, -0.2) is 9.78 Å². The van der Waals surface area contributed by atoms with E-state index in [4.69, 9.17) is 4.74 Å². The molecule has 1 aromatic carbocycles. The highest BCUT2D eigenvalue weighted by Gasteiger charge is 2.16. The van der Waals surface area contributed by atoms with Crippen LogP contribution in [0.1, 0.15) is 56.5 Å². The first kappa shape index (κ1) is 23.8. The Labute approximate surface area is 183 Å². The van der Waals surface area contributed by atoms with Crippen LogP contribution in [-0.4, -0.2) is 46.0 Å². The highest BCUT2D eigenvalue weighted by atomic mass is 35.5.